The van der Waals surface area contributed by atoms with E-state index in [9.17, 15) is 0 Å². The number of aromatic nitrogens is 2. The van der Waals surface area contributed by atoms with Crippen molar-refractivity contribution in [1.29, 1.82) is 0 Å². The number of rotatable bonds is 7. The van der Waals surface area contributed by atoms with Crippen LogP contribution in [0.3, 0.4) is 0 Å². The van der Waals surface area contributed by atoms with E-state index >= 15 is 0 Å². The van der Waals surface area contributed by atoms with E-state index in [1.54, 1.807) is 6.20 Å². The summed E-state index contributed by atoms with van der Waals surface area (Å²) in [5, 5.41) is 3.41. The molecule has 5 nitrogen and oxygen atoms in total. The Balaban J connectivity index is 1.49. The molecule has 0 aliphatic carbocycles. The van der Waals surface area contributed by atoms with E-state index in [1.807, 2.05) is 6.20 Å². The van der Waals surface area contributed by atoms with Crippen LogP contribution in [0.4, 0.5) is 0 Å². The second kappa shape index (κ2) is 7.62. The highest BCUT2D eigenvalue weighted by atomic mass is 16.5. The number of H-pyrrole nitrogens is 1. The van der Waals surface area contributed by atoms with Gasteiger partial charge in [0.1, 0.15) is 5.82 Å². The Morgan fingerprint density at radius 2 is 2.16 bits per heavy atom. The van der Waals surface area contributed by atoms with E-state index in [-0.39, 0.29) is 0 Å². The molecule has 5 heteroatoms. The Morgan fingerprint density at radius 1 is 1.37 bits per heavy atom. The average molecular weight is 266 g/mol. The fraction of sp³-hybridized carbons (Fsp3) is 0.786. The predicted molar refractivity (Wildman–Crippen MR) is 76.0 cm³/mol. The Hall–Kier alpha value is -0.910. The van der Waals surface area contributed by atoms with Gasteiger partial charge in [-0.3, -0.25) is 4.90 Å². The minimum Gasteiger partial charge on any atom is -0.373 e. The Kier molecular flexibility index (Phi) is 5.82. The first-order valence-electron chi connectivity index (χ1n) is 7.31. The number of aromatic amines is 1. The maximum atomic E-state index is 5.74. The van der Waals surface area contributed by atoms with E-state index < -0.39 is 0 Å². The topological polar surface area (TPSA) is 53.2 Å². The monoisotopic (exact) mass is 266 g/mol. The van der Waals surface area contributed by atoms with Gasteiger partial charge in [0.25, 0.3) is 0 Å². The highest BCUT2D eigenvalue weighted by Crippen LogP contribution is 2.11. The summed E-state index contributed by atoms with van der Waals surface area (Å²) < 4.78 is 5.74. The first kappa shape index (κ1) is 14.5. The second-order valence-corrected chi connectivity index (χ2v) is 5.44. The van der Waals surface area contributed by atoms with Crippen LogP contribution in [0.15, 0.2) is 12.4 Å². The number of imidazole rings is 1. The maximum absolute atomic E-state index is 5.74. The summed E-state index contributed by atoms with van der Waals surface area (Å²) in [5.74, 6) is 1.01. The molecule has 0 spiro atoms. The van der Waals surface area contributed by atoms with Gasteiger partial charge in [-0.2, -0.15) is 0 Å². The van der Waals surface area contributed by atoms with Crippen molar-refractivity contribution in [2.24, 2.45) is 0 Å². The van der Waals surface area contributed by atoms with Crippen LogP contribution in [-0.4, -0.2) is 53.3 Å². The van der Waals surface area contributed by atoms with Crippen LogP contribution in [0.1, 0.15) is 32.5 Å². The largest absolute Gasteiger partial charge is 0.373 e. The fourth-order valence-electron chi connectivity index (χ4n) is 2.65. The van der Waals surface area contributed by atoms with Gasteiger partial charge < -0.3 is 15.0 Å². The minimum atomic E-state index is 0.376. The molecule has 1 saturated heterocycles. The lowest BCUT2D eigenvalue weighted by atomic mass is 10.2. The lowest BCUT2D eigenvalue weighted by Crippen LogP contribution is -2.45. The number of ether oxygens (including phenoxy) is 1. The van der Waals surface area contributed by atoms with Crippen molar-refractivity contribution in [3.8, 4) is 0 Å². The van der Waals surface area contributed by atoms with Gasteiger partial charge in [0.15, 0.2) is 0 Å². The van der Waals surface area contributed by atoms with E-state index in [2.05, 4.69) is 34.0 Å². The summed E-state index contributed by atoms with van der Waals surface area (Å²) in [6, 6.07) is 0. The number of hydrogen-bond donors (Lipinski definition) is 2. The van der Waals surface area contributed by atoms with E-state index in [4.69, 9.17) is 4.74 Å². The molecule has 2 unspecified atom stereocenters. The molecule has 0 aromatic carbocycles. The maximum Gasteiger partial charge on any atom is 0.120 e. The Morgan fingerprint density at radius 3 is 2.84 bits per heavy atom. The minimum absolute atomic E-state index is 0.376. The molecule has 2 N–H and O–H groups in total. The third-order valence-corrected chi connectivity index (χ3v) is 3.42. The van der Waals surface area contributed by atoms with Crippen LogP contribution >= 0.6 is 0 Å². The van der Waals surface area contributed by atoms with Crippen LogP contribution in [0, 0.1) is 0 Å². The summed E-state index contributed by atoms with van der Waals surface area (Å²) in [5.41, 5.74) is 0. The number of nitrogens with zero attached hydrogens (tertiary/aromatic N) is 2. The third-order valence-electron chi connectivity index (χ3n) is 3.42. The summed E-state index contributed by atoms with van der Waals surface area (Å²) in [6.07, 6.45) is 6.85. The van der Waals surface area contributed by atoms with Crippen molar-refractivity contribution in [2.75, 3.05) is 26.2 Å². The molecule has 19 heavy (non-hydrogen) atoms. The molecule has 1 aliphatic heterocycles. The molecule has 1 aromatic heterocycles. The Labute approximate surface area is 115 Å². The zero-order valence-corrected chi connectivity index (χ0v) is 12.1. The van der Waals surface area contributed by atoms with Crippen molar-refractivity contribution < 1.29 is 4.74 Å². The van der Waals surface area contributed by atoms with Crippen molar-refractivity contribution in [2.45, 2.75) is 45.4 Å². The van der Waals surface area contributed by atoms with Gasteiger partial charge in [-0.1, -0.05) is 0 Å². The van der Waals surface area contributed by atoms with Gasteiger partial charge >= 0.3 is 0 Å². The summed E-state index contributed by atoms with van der Waals surface area (Å²) >= 11 is 0. The first-order valence-corrected chi connectivity index (χ1v) is 7.31. The Bertz CT molecular complexity index is 331. The number of morpholine rings is 1. The third kappa shape index (κ3) is 5.30. The van der Waals surface area contributed by atoms with Gasteiger partial charge in [0, 0.05) is 25.5 Å². The lowest BCUT2D eigenvalue weighted by molar-refractivity contribution is -0.0681. The molecule has 2 heterocycles. The van der Waals surface area contributed by atoms with Gasteiger partial charge in [-0.05, 0) is 39.8 Å². The van der Waals surface area contributed by atoms with Gasteiger partial charge in [-0.25, -0.2) is 4.98 Å². The summed E-state index contributed by atoms with van der Waals surface area (Å²) in [4.78, 5) is 9.80. The van der Waals surface area contributed by atoms with E-state index in [0.29, 0.717) is 12.2 Å². The summed E-state index contributed by atoms with van der Waals surface area (Å²) in [6.45, 7) is 9.53. The molecule has 2 atom stereocenters. The van der Waals surface area contributed by atoms with Crippen LogP contribution in [-0.2, 0) is 11.3 Å². The quantitative estimate of drug-likeness (QED) is 0.732. The van der Waals surface area contributed by atoms with Crippen LogP contribution in [0.2, 0.25) is 0 Å². The fourth-order valence-corrected chi connectivity index (χ4v) is 2.65. The van der Waals surface area contributed by atoms with Crippen molar-refractivity contribution >= 4 is 0 Å². The highest BCUT2D eigenvalue weighted by Gasteiger charge is 2.21. The zero-order valence-electron chi connectivity index (χ0n) is 12.1. The second-order valence-electron chi connectivity index (χ2n) is 5.44. The molecule has 0 bridgehead atoms. The van der Waals surface area contributed by atoms with Gasteiger partial charge in [0.05, 0.1) is 18.8 Å². The number of nitrogens with one attached hydrogen (secondary N) is 2. The van der Waals surface area contributed by atoms with E-state index in [1.165, 1.54) is 19.4 Å². The normalized spacial score (nSPS) is 24.7. The molecule has 1 aliphatic rings. The van der Waals surface area contributed by atoms with Crippen LogP contribution < -0.4 is 5.32 Å². The average Bonchev–Trinajstić information content (AvgIpc) is 2.85. The predicted octanol–water partition coefficient (Wildman–Crippen LogP) is 1.39. The molecule has 0 saturated carbocycles. The molecule has 1 aromatic rings. The van der Waals surface area contributed by atoms with Crippen LogP contribution in [0.5, 0.6) is 0 Å². The number of hydrogen-bond acceptors (Lipinski definition) is 4. The molecular weight excluding hydrogens is 240 g/mol. The van der Waals surface area contributed by atoms with Gasteiger partial charge in [-0.15, -0.1) is 0 Å². The lowest BCUT2D eigenvalue weighted by Gasteiger charge is -2.35. The first-order chi connectivity index (χ1) is 9.24. The zero-order chi connectivity index (χ0) is 13.5. The molecule has 1 fully saturated rings. The smallest absolute Gasteiger partial charge is 0.120 e. The van der Waals surface area contributed by atoms with Crippen molar-refractivity contribution in [1.82, 2.24) is 20.2 Å². The molecule has 108 valence electrons. The van der Waals surface area contributed by atoms with Crippen molar-refractivity contribution in [3.05, 3.63) is 18.2 Å². The molecule has 0 amide bonds. The highest BCUT2D eigenvalue weighted by molar-refractivity contribution is 4.85. The van der Waals surface area contributed by atoms with Crippen molar-refractivity contribution in [3.63, 3.8) is 0 Å². The molecule has 2 rings (SSSR count). The summed E-state index contributed by atoms with van der Waals surface area (Å²) in [7, 11) is 0. The SMILES string of the molecule is CC1CN(CCCCNCc2ncc[nH]2)CC(C)O1. The van der Waals surface area contributed by atoms with Gasteiger partial charge in [0.2, 0.25) is 0 Å². The van der Waals surface area contributed by atoms with E-state index in [0.717, 1.165) is 32.0 Å². The standard InChI is InChI=1S/C14H26N4O/c1-12-10-18(11-13(2)19-12)8-4-3-5-15-9-14-16-6-7-17-14/h6-7,12-13,15H,3-5,8-11H2,1-2H3,(H,16,17). The van der Waals surface area contributed by atoms with Crippen LogP contribution in [0.25, 0.3) is 0 Å². The number of unbranched alkanes of at least 4 members (excludes halogenated alkanes) is 1. The molecule has 0 radical (unpaired) electrons. The molecular formula is C14H26N4O.